The molecule has 2 aromatic heterocycles. The summed E-state index contributed by atoms with van der Waals surface area (Å²) in [5.74, 6) is 1.72. The first-order valence-electron chi connectivity index (χ1n) is 7.86. The van der Waals surface area contributed by atoms with Gasteiger partial charge in [-0.05, 0) is 30.2 Å². The van der Waals surface area contributed by atoms with Crippen molar-refractivity contribution < 1.29 is 4.79 Å². The number of hydrogen-bond acceptors (Lipinski definition) is 4. The molecule has 2 N–H and O–H groups in total. The predicted octanol–water partition coefficient (Wildman–Crippen LogP) is 2.77. The van der Waals surface area contributed by atoms with Gasteiger partial charge in [-0.2, -0.15) is 0 Å². The van der Waals surface area contributed by atoms with Crippen molar-refractivity contribution in [1.29, 1.82) is 0 Å². The van der Waals surface area contributed by atoms with E-state index in [1.54, 1.807) is 0 Å². The number of carbonyl (C=O) groups excluding carboxylic acids is 1. The molecule has 0 aliphatic carbocycles. The Hall–Kier alpha value is -2.54. The highest BCUT2D eigenvalue weighted by molar-refractivity contribution is 7.99. The summed E-state index contributed by atoms with van der Waals surface area (Å²) in [5, 5.41) is 14.1. The van der Waals surface area contributed by atoms with Crippen LogP contribution in [0.5, 0.6) is 0 Å². The molecule has 0 fully saturated rings. The number of nitrogens with zero attached hydrogens (tertiary/aromatic N) is 3. The third-order valence-electron chi connectivity index (χ3n) is 4.06. The molecule has 0 bridgehead atoms. The van der Waals surface area contributed by atoms with Crippen LogP contribution in [0.2, 0.25) is 0 Å². The van der Waals surface area contributed by atoms with Gasteiger partial charge in [0.15, 0.2) is 11.5 Å². The number of urea groups is 1. The van der Waals surface area contributed by atoms with Gasteiger partial charge in [0.05, 0.1) is 12.6 Å². The minimum atomic E-state index is -0.186. The lowest BCUT2D eigenvalue weighted by molar-refractivity contribution is 0.236. The third kappa shape index (κ3) is 2.94. The number of fused-ring (bicyclic) bond motifs is 2. The monoisotopic (exact) mass is 339 g/mol. The number of nitrogens with one attached hydrogen (secondary N) is 2. The van der Waals surface area contributed by atoms with Gasteiger partial charge in [-0.25, -0.2) is 4.79 Å². The summed E-state index contributed by atoms with van der Waals surface area (Å²) in [7, 11) is 0. The Morgan fingerprint density at radius 1 is 1.21 bits per heavy atom. The van der Waals surface area contributed by atoms with Gasteiger partial charge in [0, 0.05) is 16.8 Å². The molecule has 0 saturated heterocycles. The van der Waals surface area contributed by atoms with Crippen LogP contribution in [-0.2, 0) is 6.54 Å². The van der Waals surface area contributed by atoms with Gasteiger partial charge in [-0.3, -0.25) is 4.40 Å². The number of benzene rings is 1. The normalized spacial score (nSPS) is 16.6. The van der Waals surface area contributed by atoms with E-state index in [1.807, 2.05) is 52.7 Å². The number of rotatable bonds is 3. The lowest BCUT2D eigenvalue weighted by Gasteiger charge is -2.25. The largest absolute Gasteiger partial charge is 0.331 e. The van der Waals surface area contributed by atoms with Crippen LogP contribution in [0.4, 0.5) is 4.79 Å². The van der Waals surface area contributed by atoms with Gasteiger partial charge in [0.25, 0.3) is 0 Å². The number of carbonyl (C=O) groups is 1. The predicted molar refractivity (Wildman–Crippen MR) is 92.9 cm³/mol. The average Bonchev–Trinajstić information content (AvgIpc) is 3.04. The zero-order chi connectivity index (χ0) is 16.4. The molecule has 122 valence electrons. The first-order chi connectivity index (χ1) is 11.8. The van der Waals surface area contributed by atoms with Crippen molar-refractivity contribution in [3.63, 3.8) is 0 Å². The molecular formula is C17H17N5OS. The second kappa shape index (κ2) is 6.52. The fraction of sp³-hybridized carbons (Fsp3) is 0.235. The molecule has 4 rings (SSSR count). The van der Waals surface area contributed by atoms with E-state index in [9.17, 15) is 4.79 Å². The van der Waals surface area contributed by atoms with Crippen molar-refractivity contribution in [1.82, 2.24) is 25.2 Å². The van der Waals surface area contributed by atoms with Crippen LogP contribution in [0.15, 0.2) is 53.6 Å². The maximum Gasteiger partial charge on any atom is 0.315 e. The molecule has 0 unspecified atom stereocenters. The Labute approximate surface area is 143 Å². The Balaban J connectivity index is 1.41. The lowest BCUT2D eigenvalue weighted by Crippen LogP contribution is -2.38. The van der Waals surface area contributed by atoms with E-state index in [-0.39, 0.29) is 12.1 Å². The van der Waals surface area contributed by atoms with Gasteiger partial charge in [-0.1, -0.05) is 24.3 Å². The summed E-state index contributed by atoms with van der Waals surface area (Å²) >= 11 is 1.84. The van der Waals surface area contributed by atoms with E-state index in [4.69, 9.17) is 0 Å². The Morgan fingerprint density at radius 2 is 2.08 bits per heavy atom. The molecule has 0 spiro atoms. The van der Waals surface area contributed by atoms with Gasteiger partial charge < -0.3 is 10.6 Å². The smallest absolute Gasteiger partial charge is 0.315 e. The van der Waals surface area contributed by atoms with E-state index < -0.39 is 0 Å². The fourth-order valence-electron chi connectivity index (χ4n) is 2.87. The zero-order valence-electron chi connectivity index (χ0n) is 13.0. The molecular weight excluding hydrogens is 322 g/mol. The molecule has 7 heteroatoms. The quantitative estimate of drug-likeness (QED) is 0.770. The van der Waals surface area contributed by atoms with Crippen LogP contribution in [0.1, 0.15) is 23.9 Å². The summed E-state index contributed by atoms with van der Waals surface area (Å²) in [4.78, 5) is 13.5. The second-order valence-corrected chi connectivity index (χ2v) is 6.74. The molecule has 24 heavy (non-hydrogen) atoms. The highest BCUT2D eigenvalue weighted by Crippen LogP contribution is 2.35. The first-order valence-corrected chi connectivity index (χ1v) is 8.84. The number of aromatic nitrogens is 3. The standard InChI is InChI=1S/C17H17N5OS/c23-17(18-11-16-21-20-15-7-3-4-9-22(15)16)19-13-8-10-24-14-6-2-1-5-12(13)14/h1-7,9,13H,8,10-11H2,(H2,18,19,23)/t13-/m1/s1. The summed E-state index contributed by atoms with van der Waals surface area (Å²) in [6.45, 7) is 0.333. The number of amides is 2. The van der Waals surface area contributed by atoms with E-state index in [0.717, 1.165) is 17.8 Å². The van der Waals surface area contributed by atoms with Gasteiger partial charge in [-0.15, -0.1) is 22.0 Å². The van der Waals surface area contributed by atoms with Crippen LogP contribution in [0.3, 0.4) is 0 Å². The highest BCUT2D eigenvalue weighted by atomic mass is 32.2. The molecule has 2 amide bonds. The number of pyridine rings is 1. The summed E-state index contributed by atoms with van der Waals surface area (Å²) < 4.78 is 1.87. The Kier molecular flexibility index (Phi) is 4.08. The molecule has 1 atom stereocenters. The zero-order valence-corrected chi connectivity index (χ0v) is 13.8. The Bertz CT molecular complexity index is 878. The van der Waals surface area contributed by atoms with Crippen LogP contribution >= 0.6 is 11.8 Å². The molecule has 3 heterocycles. The van der Waals surface area contributed by atoms with Crippen molar-refractivity contribution in [2.24, 2.45) is 0 Å². The fourth-order valence-corrected chi connectivity index (χ4v) is 4.00. The van der Waals surface area contributed by atoms with Crippen molar-refractivity contribution in [3.05, 3.63) is 60.0 Å². The van der Waals surface area contributed by atoms with Crippen molar-refractivity contribution in [2.75, 3.05) is 5.75 Å². The van der Waals surface area contributed by atoms with Crippen LogP contribution in [0.25, 0.3) is 5.65 Å². The van der Waals surface area contributed by atoms with Gasteiger partial charge in [0.1, 0.15) is 0 Å². The molecule has 1 aliphatic heterocycles. The molecule has 0 radical (unpaired) electrons. The highest BCUT2D eigenvalue weighted by Gasteiger charge is 2.21. The maximum absolute atomic E-state index is 12.3. The summed E-state index contributed by atoms with van der Waals surface area (Å²) in [6.07, 6.45) is 2.82. The first kappa shape index (κ1) is 15.0. The minimum Gasteiger partial charge on any atom is -0.331 e. The van der Waals surface area contributed by atoms with E-state index in [2.05, 4.69) is 33.0 Å². The molecule has 0 saturated carbocycles. The van der Waals surface area contributed by atoms with Crippen molar-refractivity contribution in [3.8, 4) is 0 Å². The van der Waals surface area contributed by atoms with Gasteiger partial charge >= 0.3 is 6.03 Å². The van der Waals surface area contributed by atoms with E-state index >= 15 is 0 Å². The van der Waals surface area contributed by atoms with Crippen LogP contribution in [0, 0.1) is 0 Å². The van der Waals surface area contributed by atoms with E-state index in [0.29, 0.717) is 12.4 Å². The molecule has 1 aliphatic rings. The lowest BCUT2D eigenvalue weighted by atomic mass is 10.0. The number of hydrogen-bond donors (Lipinski definition) is 2. The minimum absolute atomic E-state index is 0.0533. The topological polar surface area (TPSA) is 71.3 Å². The summed E-state index contributed by atoms with van der Waals surface area (Å²) in [6, 6.07) is 13.8. The average molecular weight is 339 g/mol. The Morgan fingerprint density at radius 3 is 3.04 bits per heavy atom. The maximum atomic E-state index is 12.3. The van der Waals surface area contributed by atoms with E-state index in [1.165, 1.54) is 10.5 Å². The molecule has 1 aromatic carbocycles. The van der Waals surface area contributed by atoms with Crippen molar-refractivity contribution >= 4 is 23.4 Å². The third-order valence-corrected chi connectivity index (χ3v) is 5.18. The number of thioether (sulfide) groups is 1. The van der Waals surface area contributed by atoms with Crippen LogP contribution in [-0.4, -0.2) is 26.4 Å². The SMILES string of the molecule is O=C(NCc1nnc2ccccn12)N[C@@H]1CCSc2ccccc21. The van der Waals surface area contributed by atoms with Crippen molar-refractivity contribution in [2.45, 2.75) is 23.9 Å². The van der Waals surface area contributed by atoms with Gasteiger partial charge in [0.2, 0.25) is 0 Å². The van der Waals surface area contributed by atoms with Crippen LogP contribution < -0.4 is 10.6 Å². The molecule has 6 nitrogen and oxygen atoms in total. The summed E-state index contributed by atoms with van der Waals surface area (Å²) in [5.41, 5.74) is 1.96. The molecule has 3 aromatic rings. The second-order valence-electron chi connectivity index (χ2n) is 5.60.